The van der Waals surface area contributed by atoms with Gasteiger partial charge in [0.05, 0.1) is 17.3 Å². The number of para-hydroxylation sites is 2. The van der Waals surface area contributed by atoms with E-state index >= 15 is 0 Å². The standard InChI is InChI=1S/C28H27N3O/c1-3-31-24-13-5-4-8-19(24)23-16-17(14-15-25(23)31)26-20-10-6-9-18(20)21-11-7-12-22(27(21)30-26)28(32)29-2/h4-9,11-16,18,20,26,30H,3,10H2,1-2H3,(H,29,32). The predicted molar refractivity (Wildman–Crippen MR) is 131 cm³/mol. The van der Waals surface area contributed by atoms with Gasteiger partial charge in [0.2, 0.25) is 0 Å². The van der Waals surface area contributed by atoms with Gasteiger partial charge in [0.1, 0.15) is 0 Å². The Morgan fingerprint density at radius 2 is 1.91 bits per heavy atom. The fourth-order valence-corrected chi connectivity index (χ4v) is 5.88. The second-order valence-corrected chi connectivity index (χ2v) is 8.86. The minimum atomic E-state index is -0.0463. The minimum Gasteiger partial charge on any atom is -0.377 e. The van der Waals surface area contributed by atoms with Crippen molar-refractivity contribution in [3.05, 3.63) is 89.5 Å². The number of hydrogen-bond acceptors (Lipinski definition) is 2. The van der Waals surface area contributed by atoms with Crippen molar-refractivity contribution < 1.29 is 4.79 Å². The molecule has 160 valence electrons. The van der Waals surface area contributed by atoms with Gasteiger partial charge in [0.25, 0.3) is 5.91 Å². The van der Waals surface area contributed by atoms with Gasteiger partial charge in [-0.25, -0.2) is 0 Å². The SMILES string of the molecule is CCn1c2ccccc2c2cc(C3Nc4c(C(=O)NC)cccc4C4C=CCC43)ccc21. The summed E-state index contributed by atoms with van der Waals surface area (Å²) in [6.07, 6.45) is 5.67. The number of rotatable bonds is 3. The number of anilines is 1. The van der Waals surface area contributed by atoms with Gasteiger partial charge in [-0.3, -0.25) is 4.79 Å². The van der Waals surface area contributed by atoms with Gasteiger partial charge in [-0.15, -0.1) is 0 Å². The van der Waals surface area contributed by atoms with E-state index in [9.17, 15) is 4.79 Å². The number of amides is 1. The molecule has 0 saturated carbocycles. The molecule has 0 bridgehead atoms. The summed E-state index contributed by atoms with van der Waals surface area (Å²) in [5.41, 5.74) is 6.77. The number of aromatic nitrogens is 1. The van der Waals surface area contributed by atoms with Crippen LogP contribution in [0.15, 0.2) is 72.8 Å². The van der Waals surface area contributed by atoms with Crippen LogP contribution in [0.25, 0.3) is 21.8 Å². The second-order valence-electron chi connectivity index (χ2n) is 8.86. The van der Waals surface area contributed by atoms with Crippen LogP contribution in [0.2, 0.25) is 0 Å². The van der Waals surface area contributed by atoms with Crippen LogP contribution >= 0.6 is 0 Å². The van der Waals surface area contributed by atoms with E-state index in [-0.39, 0.29) is 11.9 Å². The summed E-state index contributed by atoms with van der Waals surface area (Å²) < 4.78 is 2.39. The molecule has 4 aromatic rings. The van der Waals surface area contributed by atoms with Crippen LogP contribution in [0.4, 0.5) is 5.69 Å². The molecule has 3 atom stereocenters. The van der Waals surface area contributed by atoms with Crippen LogP contribution < -0.4 is 10.6 Å². The Morgan fingerprint density at radius 1 is 1.06 bits per heavy atom. The third-order valence-electron chi connectivity index (χ3n) is 7.34. The summed E-state index contributed by atoms with van der Waals surface area (Å²) in [7, 11) is 1.69. The zero-order valence-electron chi connectivity index (χ0n) is 18.4. The van der Waals surface area contributed by atoms with Gasteiger partial charge in [-0.05, 0) is 54.7 Å². The molecular weight excluding hydrogens is 394 g/mol. The van der Waals surface area contributed by atoms with Crippen molar-refractivity contribution >= 4 is 33.4 Å². The van der Waals surface area contributed by atoms with Crippen LogP contribution in [0, 0.1) is 5.92 Å². The van der Waals surface area contributed by atoms with Gasteiger partial charge in [-0.1, -0.05) is 48.6 Å². The monoisotopic (exact) mass is 421 g/mol. The number of nitrogens with zero attached hydrogens (tertiary/aromatic N) is 1. The van der Waals surface area contributed by atoms with Gasteiger partial charge in [0, 0.05) is 41.3 Å². The Kier molecular flexibility index (Phi) is 4.35. The van der Waals surface area contributed by atoms with Crippen LogP contribution in [0.5, 0.6) is 0 Å². The Balaban J connectivity index is 1.52. The molecule has 0 radical (unpaired) electrons. The van der Waals surface area contributed by atoms with E-state index in [4.69, 9.17) is 0 Å². The molecule has 2 heterocycles. The maximum atomic E-state index is 12.6. The lowest BCUT2D eigenvalue weighted by molar-refractivity contribution is 0.0963. The maximum Gasteiger partial charge on any atom is 0.253 e. The minimum absolute atomic E-state index is 0.0463. The summed E-state index contributed by atoms with van der Waals surface area (Å²) in [4.78, 5) is 12.6. The molecule has 4 heteroatoms. The summed E-state index contributed by atoms with van der Waals surface area (Å²) in [6, 6.07) is 21.8. The Labute approximate surface area is 187 Å². The van der Waals surface area contributed by atoms with Crippen LogP contribution in [-0.2, 0) is 6.54 Å². The van der Waals surface area contributed by atoms with Crippen LogP contribution in [0.3, 0.4) is 0 Å². The largest absolute Gasteiger partial charge is 0.377 e. The zero-order valence-corrected chi connectivity index (χ0v) is 18.4. The number of carbonyl (C=O) groups excluding carboxylic acids is 1. The number of aryl methyl sites for hydroxylation is 1. The number of hydrogen-bond donors (Lipinski definition) is 2. The first kappa shape index (κ1) is 19.2. The molecule has 3 aromatic carbocycles. The Morgan fingerprint density at radius 3 is 2.75 bits per heavy atom. The highest BCUT2D eigenvalue weighted by molar-refractivity contribution is 6.08. The van der Waals surface area contributed by atoms with Crippen molar-refractivity contribution in [2.24, 2.45) is 5.92 Å². The molecule has 0 spiro atoms. The lowest BCUT2D eigenvalue weighted by Gasteiger charge is -2.38. The first-order chi connectivity index (χ1) is 15.7. The quantitative estimate of drug-likeness (QED) is 0.399. The van der Waals surface area contributed by atoms with Gasteiger partial charge < -0.3 is 15.2 Å². The first-order valence-electron chi connectivity index (χ1n) is 11.5. The predicted octanol–water partition coefficient (Wildman–Crippen LogP) is 6.00. The topological polar surface area (TPSA) is 46.1 Å². The van der Waals surface area contributed by atoms with E-state index in [2.05, 4.69) is 82.8 Å². The second kappa shape index (κ2) is 7.27. The Hall–Kier alpha value is -3.53. The number of nitrogens with one attached hydrogen (secondary N) is 2. The lowest BCUT2D eigenvalue weighted by Crippen LogP contribution is -2.31. The number of allylic oxidation sites excluding steroid dienone is 2. The smallest absolute Gasteiger partial charge is 0.253 e. The van der Waals surface area contributed by atoms with E-state index in [0.717, 1.165) is 24.2 Å². The van der Waals surface area contributed by atoms with Crippen molar-refractivity contribution in [2.75, 3.05) is 12.4 Å². The van der Waals surface area contributed by atoms with E-state index in [1.165, 1.54) is 32.9 Å². The highest BCUT2D eigenvalue weighted by Crippen LogP contribution is 2.51. The van der Waals surface area contributed by atoms with Crippen molar-refractivity contribution in [1.82, 2.24) is 9.88 Å². The molecule has 1 aliphatic heterocycles. The molecule has 0 fully saturated rings. The molecule has 3 unspecified atom stereocenters. The fraction of sp³-hybridized carbons (Fsp3) is 0.250. The molecule has 1 aliphatic carbocycles. The highest BCUT2D eigenvalue weighted by atomic mass is 16.1. The number of benzene rings is 3. The summed E-state index contributed by atoms with van der Waals surface area (Å²) in [6.45, 7) is 3.15. The van der Waals surface area contributed by atoms with Gasteiger partial charge in [-0.2, -0.15) is 0 Å². The molecule has 2 aliphatic rings. The van der Waals surface area contributed by atoms with E-state index < -0.39 is 0 Å². The fourth-order valence-electron chi connectivity index (χ4n) is 5.88. The van der Waals surface area contributed by atoms with E-state index in [0.29, 0.717) is 11.8 Å². The Bertz CT molecular complexity index is 1400. The van der Waals surface area contributed by atoms with Crippen molar-refractivity contribution in [1.29, 1.82) is 0 Å². The van der Waals surface area contributed by atoms with E-state index in [1.807, 2.05) is 12.1 Å². The number of fused-ring (bicyclic) bond motifs is 6. The summed E-state index contributed by atoms with van der Waals surface area (Å²) >= 11 is 0. The van der Waals surface area contributed by atoms with Crippen molar-refractivity contribution in [3.8, 4) is 0 Å². The van der Waals surface area contributed by atoms with Gasteiger partial charge >= 0.3 is 0 Å². The molecule has 4 nitrogen and oxygen atoms in total. The molecule has 0 saturated heterocycles. The average molecular weight is 422 g/mol. The van der Waals surface area contributed by atoms with Crippen molar-refractivity contribution in [3.63, 3.8) is 0 Å². The highest BCUT2D eigenvalue weighted by Gasteiger charge is 2.39. The average Bonchev–Trinajstić information content (AvgIpc) is 3.45. The van der Waals surface area contributed by atoms with Crippen LogP contribution in [0.1, 0.15) is 46.8 Å². The van der Waals surface area contributed by atoms with E-state index in [1.54, 1.807) is 7.05 Å². The molecular formula is C28H27N3O. The third kappa shape index (κ3) is 2.65. The lowest BCUT2D eigenvalue weighted by atomic mass is 9.76. The zero-order chi connectivity index (χ0) is 21.8. The summed E-state index contributed by atoms with van der Waals surface area (Å²) in [5, 5.41) is 9.20. The molecule has 6 rings (SSSR count). The third-order valence-corrected chi connectivity index (χ3v) is 7.34. The first-order valence-corrected chi connectivity index (χ1v) is 11.5. The molecule has 1 amide bonds. The van der Waals surface area contributed by atoms with Crippen LogP contribution in [-0.4, -0.2) is 17.5 Å². The van der Waals surface area contributed by atoms with Crippen molar-refractivity contribution in [2.45, 2.75) is 31.8 Å². The normalized spacial score (nSPS) is 21.4. The molecule has 2 N–H and O–H groups in total. The molecule has 1 aromatic heterocycles. The number of carbonyl (C=O) groups is 1. The summed E-state index contributed by atoms with van der Waals surface area (Å²) in [5.74, 6) is 0.725. The maximum absolute atomic E-state index is 12.6. The molecule has 32 heavy (non-hydrogen) atoms. The van der Waals surface area contributed by atoms with Gasteiger partial charge in [0.15, 0.2) is 0 Å².